The predicted octanol–water partition coefficient (Wildman–Crippen LogP) is 3.86. The average molecular weight is 565 g/mol. The van der Waals surface area contributed by atoms with Gasteiger partial charge >= 0.3 is 0 Å². The first-order valence-electron chi connectivity index (χ1n) is 13.7. The summed E-state index contributed by atoms with van der Waals surface area (Å²) in [5.74, 6) is -0.671. The quantitative estimate of drug-likeness (QED) is 0.209. The molecule has 0 saturated carbocycles. The Hall–Kier alpha value is -5.29. The van der Waals surface area contributed by atoms with Gasteiger partial charge in [-0.05, 0) is 66.6 Å². The summed E-state index contributed by atoms with van der Waals surface area (Å²) in [6.45, 7) is 2.46. The zero-order valence-electron chi connectivity index (χ0n) is 22.6. The highest BCUT2D eigenvalue weighted by atomic mass is 16.5. The number of phenols is 1. The smallest absolute Gasteiger partial charge is 0.274 e. The molecule has 1 saturated heterocycles. The number of carbonyl (C=O) groups is 3. The fourth-order valence-electron chi connectivity index (χ4n) is 5.74. The van der Waals surface area contributed by atoms with Gasteiger partial charge in [0.25, 0.3) is 17.7 Å². The van der Waals surface area contributed by atoms with E-state index in [-0.39, 0.29) is 23.5 Å². The van der Waals surface area contributed by atoms with Gasteiger partial charge in [-0.25, -0.2) is 0 Å². The summed E-state index contributed by atoms with van der Waals surface area (Å²) in [6.07, 6.45) is 0.586. The Morgan fingerprint density at radius 2 is 1.64 bits per heavy atom. The number of hydrogen-bond donors (Lipinski definition) is 5. The van der Waals surface area contributed by atoms with E-state index in [1.807, 2.05) is 6.07 Å². The minimum atomic E-state index is -0.263. The molecule has 3 amide bonds. The number of rotatable bonds is 4. The molecule has 0 aliphatic carbocycles. The van der Waals surface area contributed by atoms with Crippen LogP contribution in [0.3, 0.4) is 0 Å². The van der Waals surface area contributed by atoms with Gasteiger partial charge in [-0.1, -0.05) is 0 Å². The molecule has 42 heavy (non-hydrogen) atoms. The Morgan fingerprint density at radius 3 is 2.43 bits per heavy atom. The van der Waals surface area contributed by atoms with Crippen molar-refractivity contribution < 1.29 is 24.2 Å². The molecule has 2 aromatic heterocycles. The van der Waals surface area contributed by atoms with Crippen molar-refractivity contribution in [1.82, 2.24) is 14.9 Å². The van der Waals surface area contributed by atoms with E-state index in [1.165, 1.54) is 0 Å². The second-order valence-electron chi connectivity index (χ2n) is 10.5. The van der Waals surface area contributed by atoms with Gasteiger partial charge in [0, 0.05) is 58.9 Å². The molecule has 11 nitrogen and oxygen atoms in total. The van der Waals surface area contributed by atoms with Crippen molar-refractivity contribution in [3.05, 3.63) is 83.2 Å². The van der Waals surface area contributed by atoms with Gasteiger partial charge in [-0.3, -0.25) is 14.4 Å². The second-order valence-corrected chi connectivity index (χ2v) is 10.5. The first kappa shape index (κ1) is 25.7. The molecule has 3 aromatic carbocycles. The third kappa shape index (κ3) is 4.40. The summed E-state index contributed by atoms with van der Waals surface area (Å²) in [6, 6.07) is 17.1. The Bertz CT molecular complexity index is 1880. The van der Waals surface area contributed by atoms with Gasteiger partial charge in [0.1, 0.15) is 17.1 Å². The van der Waals surface area contributed by atoms with Crippen molar-refractivity contribution in [2.75, 3.05) is 48.8 Å². The van der Waals surface area contributed by atoms with E-state index in [4.69, 9.17) is 10.5 Å². The number of carbonyl (C=O) groups excluding carboxylic acids is 3. The maximum atomic E-state index is 13.7. The molecule has 5 aromatic rings. The van der Waals surface area contributed by atoms with E-state index >= 15 is 0 Å². The van der Waals surface area contributed by atoms with Gasteiger partial charge in [0.15, 0.2) is 0 Å². The molecule has 0 atom stereocenters. The Kier molecular flexibility index (Phi) is 6.09. The number of nitrogens with two attached hydrogens (primary N) is 1. The molecule has 0 unspecified atom stereocenters. The number of nitrogen functional groups attached to an aromatic ring is 1. The summed E-state index contributed by atoms with van der Waals surface area (Å²) in [5, 5.41) is 15.2. The molecule has 0 spiro atoms. The Morgan fingerprint density at radius 1 is 0.881 bits per heavy atom. The van der Waals surface area contributed by atoms with Gasteiger partial charge < -0.3 is 40.7 Å². The van der Waals surface area contributed by atoms with E-state index in [2.05, 4.69) is 15.3 Å². The minimum Gasteiger partial charge on any atom is -0.506 e. The van der Waals surface area contributed by atoms with Gasteiger partial charge in [0.2, 0.25) is 0 Å². The first-order valence-corrected chi connectivity index (χ1v) is 13.7. The standard InChI is InChI=1S/C31H28N6O5/c32-19-3-1-17(2-4-19)29(39)33-20-5-6-23-18(13-20)14-24(34-23)31(41)37-8-7-21-22-15-25(30(40)36-9-11-42-12-10-36)35-28(22)27(38)16-26(21)37/h1-6,13-16,34-35,38H,7-12,32H2,(H,33,39). The number of nitrogens with one attached hydrogen (secondary N) is 3. The molecule has 4 heterocycles. The molecular weight excluding hydrogens is 536 g/mol. The lowest BCUT2D eigenvalue weighted by Crippen LogP contribution is -2.40. The summed E-state index contributed by atoms with van der Waals surface area (Å²) >= 11 is 0. The number of aromatic nitrogens is 2. The number of phenolic OH excluding ortho intramolecular Hbond substituents is 1. The number of benzene rings is 3. The predicted molar refractivity (Wildman–Crippen MR) is 159 cm³/mol. The lowest BCUT2D eigenvalue weighted by atomic mass is 10.1. The van der Waals surface area contributed by atoms with Crippen LogP contribution in [-0.2, 0) is 11.2 Å². The molecular formula is C31H28N6O5. The van der Waals surface area contributed by atoms with E-state index < -0.39 is 0 Å². The lowest BCUT2D eigenvalue weighted by molar-refractivity contribution is 0.0299. The molecule has 1 fully saturated rings. The number of amides is 3. The number of fused-ring (bicyclic) bond motifs is 4. The van der Waals surface area contributed by atoms with E-state index in [9.17, 15) is 19.5 Å². The van der Waals surface area contributed by atoms with Crippen molar-refractivity contribution in [2.24, 2.45) is 0 Å². The van der Waals surface area contributed by atoms with E-state index in [0.29, 0.717) is 78.8 Å². The first-order chi connectivity index (χ1) is 20.4. The average Bonchev–Trinajstić information content (AvgIpc) is 3.74. The van der Waals surface area contributed by atoms with Crippen molar-refractivity contribution in [1.29, 1.82) is 0 Å². The van der Waals surface area contributed by atoms with Crippen LogP contribution in [0.1, 0.15) is 36.9 Å². The number of ether oxygens (including phenoxy) is 1. The van der Waals surface area contributed by atoms with Crippen molar-refractivity contribution in [2.45, 2.75) is 6.42 Å². The number of hydrogen-bond acceptors (Lipinski definition) is 6. The van der Waals surface area contributed by atoms with Gasteiger partial charge in [0.05, 0.1) is 24.4 Å². The van der Waals surface area contributed by atoms with Crippen LogP contribution in [0.25, 0.3) is 21.8 Å². The minimum absolute atomic E-state index is 0.0254. The molecule has 0 bridgehead atoms. The number of nitrogens with zero attached hydrogens (tertiary/aromatic N) is 2. The van der Waals surface area contributed by atoms with Crippen molar-refractivity contribution >= 4 is 56.6 Å². The SMILES string of the molecule is Nc1ccc(C(=O)Nc2ccc3[nH]c(C(=O)N4CCc5c4cc(O)c4[nH]c(C(=O)N6CCOCC6)cc54)cc3c2)cc1. The maximum absolute atomic E-state index is 13.7. The normalized spacial score (nSPS) is 14.9. The van der Waals surface area contributed by atoms with Crippen LogP contribution in [0.4, 0.5) is 17.1 Å². The third-order valence-electron chi connectivity index (χ3n) is 7.91. The van der Waals surface area contributed by atoms with E-state index in [1.54, 1.807) is 64.4 Å². The molecule has 11 heteroatoms. The van der Waals surface area contributed by atoms with Crippen LogP contribution in [0.15, 0.2) is 60.7 Å². The van der Waals surface area contributed by atoms with Crippen molar-refractivity contribution in [3.8, 4) is 5.75 Å². The summed E-state index contributed by atoms with van der Waals surface area (Å²) in [4.78, 5) is 49.0. The highest BCUT2D eigenvalue weighted by Crippen LogP contribution is 2.40. The maximum Gasteiger partial charge on any atom is 0.274 e. The number of morpholine rings is 1. The topological polar surface area (TPSA) is 157 Å². The number of aromatic hydroxyl groups is 1. The number of H-pyrrole nitrogens is 2. The van der Waals surface area contributed by atoms with Gasteiger partial charge in [-0.15, -0.1) is 0 Å². The zero-order chi connectivity index (χ0) is 29.0. The fourth-order valence-corrected chi connectivity index (χ4v) is 5.74. The van der Waals surface area contributed by atoms with Crippen molar-refractivity contribution in [3.63, 3.8) is 0 Å². The van der Waals surface area contributed by atoms with Gasteiger partial charge in [-0.2, -0.15) is 0 Å². The Balaban J connectivity index is 1.14. The van der Waals surface area contributed by atoms with Crippen LogP contribution in [0.5, 0.6) is 5.75 Å². The van der Waals surface area contributed by atoms with Crippen LogP contribution in [0, 0.1) is 0 Å². The zero-order valence-corrected chi connectivity index (χ0v) is 22.6. The van der Waals surface area contributed by atoms with Crippen LogP contribution >= 0.6 is 0 Å². The van der Waals surface area contributed by atoms with Crippen LogP contribution < -0.4 is 16.0 Å². The molecule has 6 N–H and O–H groups in total. The highest BCUT2D eigenvalue weighted by Gasteiger charge is 2.31. The summed E-state index contributed by atoms with van der Waals surface area (Å²) in [5.41, 5.74) is 10.9. The number of anilines is 3. The summed E-state index contributed by atoms with van der Waals surface area (Å²) < 4.78 is 5.35. The molecule has 0 radical (unpaired) electrons. The largest absolute Gasteiger partial charge is 0.506 e. The Labute approximate surface area is 239 Å². The molecule has 2 aliphatic rings. The molecule has 2 aliphatic heterocycles. The summed E-state index contributed by atoms with van der Waals surface area (Å²) in [7, 11) is 0. The third-order valence-corrected chi connectivity index (χ3v) is 7.91. The molecule has 7 rings (SSSR count). The molecule has 212 valence electrons. The van der Waals surface area contributed by atoms with Crippen LogP contribution in [-0.4, -0.2) is 70.5 Å². The van der Waals surface area contributed by atoms with E-state index in [0.717, 1.165) is 21.9 Å². The highest BCUT2D eigenvalue weighted by molar-refractivity contribution is 6.12. The second kappa shape index (κ2) is 9.96. The lowest BCUT2D eigenvalue weighted by Gasteiger charge is -2.26. The fraction of sp³-hybridized carbons (Fsp3) is 0.194. The monoisotopic (exact) mass is 564 g/mol. The number of aromatic amines is 2. The van der Waals surface area contributed by atoms with Crippen LogP contribution in [0.2, 0.25) is 0 Å².